The largest absolute Gasteiger partial charge is 0.352 e. The van der Waals surface area contributed by atoms with Crippen molar-refractivity contribution in [2.24, 2.45) is 11.7 Å². The van der Waals surface area contributed by atoms with Crippen molar-refractivity contribution in [3.63, 3.8) is 0 Å². The Morgan fingerprint density at radius 3 is 3.00 bits per heavy atom. The number of piperidine rings is 1. The predicted molar refractivity (Wildman–Crippen MR) is 94.0 cm³/mol. The minimum absolute atomic E-state index is 0.0522. The second kappa shape index (κ2) is 7.59. The van der Waals surface area contributed by atoms with Gasteiger partial charge in [0.1, 0.15) is 0 Å². The van der Waals surface area contributed by atoms with E-state index < -0.39 is 0 Å². The Morgan fingerprint density at radius 2 is 2.25 bits per heavy atom. The Morgan fingerprint density at radius 1 is 1.42 bits per heavy atom. The van der Waals surface area contributed by atoms with Gasteiger partial charge >= 0.3 is 0 Å². The highest BCUT2D eigenvalue weighted by Gasteiger charge is 2.19. The molecule has 0 radical (unpaired) electrons. The molecule has 0 spiro atoms. The molecule has 0 aliphatic carbocycles. The molecule has 1 unspecified atom stereocenters. The number of aromatic nitrogens is 2. The molecule has 1 aromatic heterocycles. The van der Waals surface area contributed by atoms with Crippen LogP contribution in [0.25, 0.3) is 5.69 Å². The molecule has 1 aromatic carbocycles. The van der Waals surface area contributed by atoms with Crippen molar-refractivity contribution in [2.75, 3.05) is 26.7 Å². The lowest BCUT2D eigenvalue weighted by Crippen LogP contribution is -2.39. The van der Waals surface area contributed by atoms with Gasteiger partial charge in [0.25, 0.3) is 5.91 Å². The number of likely N-dealkylation sites (tertiary alicyclic amines) is 1. The first-order valence-electron chi connectivity index (χ1n) is 8.47. The van der Waals surface area contributed by atoms with Gasteiger partial charge in [0.2, 0.25) is 0 Å². The number of nitrogens with two attached hydrogens (primary N) is 1. The van der Waals surface area contributed by atoms with Crippen molar-refractivity contribution < 1.29 is 4.79 Å². The molecule has 1 amide bonds. The smallest absolute Gasteiger partial charge is 0.253 e. The lowest BCUT2D eigenvalue weighted by Gasteiger charge is -2.29. The predicted octanol–water partition coefficient (Wildman–Crippen LogP) is 1.40. The minimum atomic E-state index is -0.0522. The van der Waals surface area contributed by atoms with Crippen molar-refractivity contribution in [1.82, 2.24) is 20.0 Å². The molecule has 1 atom stereocenters. The van der Waals surface area contributed by atoms with Gasteiger partial charge in [-0.1, -0.05) is 12.1 Å². The van der Waals surface area contributed by atoms with E-state index in [0.29, 0.717) is 24.6 Å². The zero-order valence-electron chi connectivity index (χ0n) is 14.1. The van der Waals surface area contributed by atoms with E-state index in [-0.39, 0.29) is 5.91 Å². The Hall–Kier alpha value is -2.18. The average molecular weight is 327 g/mol. The van der Waals surface area contributed by atoms with E-state index in [1.807, 2.05) is 30.5 Å². The molecule has 0 bridgehead atoms. The third-order valence-electron chi connectivity index (χ3n) is 4.54. The maximum atomic E-state index is 12.6. The van der Waals surface area contributed by atoms with Gasteiger partial charge in [-0.3, -0.25) is 4.79 Å². The number of nitrogens with zero attached hydrogens (tertiary/aromatic N) is 3. The Kier molecular flexibility index (Phi) is 5.27. The van der Waals surface area contributed by atoms with E-state index in [9.17, 15) is 4.79 Å². The van der Waals surface area contributed by atoms with Crippen LogP contribution in [-0.4, -0.2) is 47.3 Å². The normalized spacial score (nSPS) is 18.5. The molecule has 0 saturated carbocycles. The van der Waals surface area contributed by atoms with Crippen LogP contribution in [0, 0.1) is 5.92 Å². The Balaban J connectivity index is 1.70. The summed E-state index contributed by atoms with van der Waals surface area (Å²) in [5.74, 6) is 0.469. The molecule has 24 heavy (non-hydrogen) atoms. The number of hydrogen-bond donors (Lipinski definition) is 2. The highest BCUT2D eigenvalue weighted by atomic mass is 16.1. The van der Waals surface area contributed by atoms with Gasteiger partial charge in [-0.2, -0.15) is 5.10 Å². The molecular weight excluding hydrogens is 302 g/mol. The standard InChI is InChI=1S/C18H25N5O/c1-22-8-4-5-14(12-22)10-20-18(24)16-6-2-3-7-17(16)23-13-15(9-19)11-21-23/h2-3,6-7,11,13-14H,4-5,8-10,12,19H2,1H3,(H,20,24). The molecule has 6 heteroatoms. The van der Waals surface area contributed by atoms with Crippen LogP contribution in [-0.2, 0) is 6.54 Å². The number of amides is 1. The number of rotatable bonds is 5. The summed E-state index contributed by atoms with van der Waals surface area (Å²) >= 11 is 0. The molecule has 2 aromatic rings. The topological polar surface area (TPSA) is 76.2 Å². The van der Waals surface area contributed by atoms with Gasteiger partial charge in [-0.25, -0.2) is 4.68 Å². The first-order chi connectivity index (χ1) is 11.7. The fraction of sp³-hybridized carbons (Fsp3) is 0.444. The monoisotopic (exact) mass is 327 g/mol. The minimum Gasteiger partial charge on any atom is -0.352 e. The zero-order chi connectivity index (χ0) is 16.9. The molecule has 3 rings (SSSR count). The fourth-order valence-electron chi connectivity index (χ4n) is 3.23. The number of carbonyl (C=O) groups is 1. The average Bonchev–Trinajstić information content (AvgIpc) is 3.09. The van der Waals surface area contributed by atoms with Gasteiger partial charge in [0.05, 0.1) is 17.4 Å². The van der Waals surface area contributed by atoms with Crippen molar-refractivity contribution in [2.45, 2.75) is 19.4 Å². The lowest BCUT2D eigenvalue weighted by atomic mass is 9.98. The van der Waals surface area contributed by atoms with Gasteiger partial charge < -0.3 is 16.0 Å². The molecule has 2 heterocycles. The van der Waals surface area contributed by atoms with Crippen LogP contribution in [0.15, 0.2) is 36.7 Å². The van der Waals surface area contributed by atoms with Crippen molar-refractivity contribution in [3.05, 3.63) is 47.8 Å². The van der Waals surface area contributed by atoms with E-state index in [1.165, 1.54) is 12.8 Å². The quantitative estimate of drug-likeness (QED) is 0.870. The third-order valence-corrected chi connectivity index (χ3v) is 4.54. The maximum absolute atomic E-state index is 12.6. The van der Waals surface area contributed by atoms with Crippen molar-refractivity contribution in [3.8, 4) is 5.69 Å². The highest BCUT2D eigenvalue weighted by molar-refractivity contribution is 5.97. The van der Waals surface area contributed by atoms with Gasteiger partial charge in [-0.15, -0.1) is 0 Å². The fourth-order valence-corrected chi connectivity index (χ4v) is 3.23. The summed E-state index contributed by atoms with van der Waals surface area (Å²) in [6.45, 7) is 3.34. The molecule has 1 aliphatic rings. The van der Waals surface area contributed by atoms with Crippen LogP contribution in [0.3, 0.4) is 0 Å². The number of carbonyl (C=O) groups excluding carboxylic acids is 1. The van der Waals surface area contributed by atoms with Crippen molar-refractivity contribution >= 4 is 5.91 Å². The van der Waals surface area contributed by atoms with Crippen LogP contribution in [0.5, 0.6) is 0 Å². The van der Waals surface area contributed by atoms with E-state index in [4.69, 9.17) is 5.73 Å². The van der Waals surface area contributed by atoms with E-state index in [2.05, 4.69) is 22.4 Å². The van der Waals surface area contributed by atoms with Crippen LogP contribution in [0.4, 0.5) is 0 Å². The lowest BCUT2D eigenvalue weighted by molar-refractivity contribution is 0.0936. The Bertz CT molecular complexity index is 696. The summed E-state index contributed by atoms with van der Waals surface area (Å²) in [4.78, 5) is 15.0. The van der Waals surface area contributed by atoms with Crippen molar-refractivity contribution in [1.29, 1.82) is 0 Å². The first-order valence-corrected chi connectivity index (χ1v) is 8.47. The number of para-hydroxylation sites is 1. The SMILES string of the molecule is CN1CCCC(CNC(=O)c2ccccc2-n2cc(CN)cn2)C1. The molecule has 3 N–H and O–H groups in total. The number of nitrogens with one attached hydrogen (secondary N) is 1. The summed E-state index contributed by atoms with van der Waals surface area (Å²) in [5, 5.41) is 7.40. The van der Waals surface area contributed by atoms with Gasteiger partial charge in [0.15, 0.2) is 0 Å². The third kappa shape index (κ3) is 3.83. The summed E-state index contributed by atoms with van der Waals surface area (Å²) in [6.07, 6.45) is 5.96. The van der Waals surface area contributed by atoms with E-state index >= 15 is 0 Å². The number of benzene rings is 1. The molecule has 128 valence electrons. The summed E-state index contributed by atoms with van der Waals surface area (Å²) in [6, 6.07) is 7.52. The second-order valence-corrected chi connectivity index (χ2v) is 6.49. The van der Waals surface area contributed by atoms with Gasteiger partial charge in [-0.05, 0) is 44.5 Å². The molecule has 1 saturated heterocycles. The van der Waals surface area contributed by atoms with E-state index in [1.54, 1.807) is 10.9 Å². The highest BCUT2D eigenvalue weighted by Crippen LogP contribution is 2.16. The van der Waals surface area contributed by atoms with Crippen LogP contribution in [0.2, 0.25) is 0 Å². The maximum Gasteiger partial charge on any atom is 0.253 e. The van der Waals surface area contributed by atoms with Crippen LogP contribution < -0.4 is 11.1 Å². The summed E-state index contributed by atoms with van der Waals surface area (Å²) in [5.41, 5.74) is 7.99. The molecule has 1 fully saturated rings. The number of hydrogen-bond acceptors (Lipinski definition) is 4. The first kappa shape index (κ1) is 16.7. The summed E-state index contributed by atoms with van der Waals surface area (Å²) < 4.78 is 1.71. The zero-order valence-corrected chi connectivity index (χ0v) is 14.1. The molecular formula is C18H25N5O. The summed E-state index contributed by atoms with van der Waals surface area (Å²) in [7, 11) is 2.13. The van der Waals surface area contributed by atoms with Crippen LogP contribution >= 0.6 is 0 Å². The molecule has 6 nitrogen and oxygen atoms in total. The van der Waals surface area contributed by atoms with E-state index in [0.717, 1.165) is 24.3 Å². The van der Waals surface area contributed by atoms with Crippen LogP contribution in [0.1, 0.15) is 28.8 Å². The second-order valence-electron chi connectivity index (χ2n) is 6.49. The molecule has 1 aliphatic heterocycles. The Labute approximate surface area is 142 Å². The van der Waals surface area contributed by atoms with Gasteiger partial charge in [0, 0.05) is 31.4 Å².